The van der Waals surface area contributed by atoms with E-state index in [1.54, 1.807) is 0 Å². The van der Waals surface area contributed by atoms with E-state index in [-0.39, 0.29) is 5.54 Å². The molecule has 1 unspecified atom stereocenters. The molecule has 0 amide bonds. The van der Waals surface area contributed by atoms with Gasteiger partial charge in [-0.15, -0.1) is 0 Å². The van der Waals surface area contributed by atoms with E-state index >= 15 is 0 Å². The van der Waals surface area contributed by atoms with Gasteiger partial charge in [0.25, 0.3) is 0 Å². The molecule has 3 nitrogen and oxygen atoms in total. The lowest BCUT2D eigenvalue weighted by molar-refractivity contribution is 0.245. The van der Waals surface area contributed by atoms with E-state index in [1.165, 1.54) is 32.4 Å². The van der Waals surface area contributed by atoms with Gasteiger partial charge in [0.2, 0.25) is 0 Å². The average molecular weight is 265 g/mol. The highest BCUT2D eigenvalue weighted by molar-refractivity contribution is 5.06. The lowest BCUT2D eigenvalue weighted by Gasteiger charge is -2.28. The van der Waals surface area contributed by atoms with Crippen molar-refractivity contribution < 1.29 is 0 Å². The molecule has 0 aromatic carbocycles. The van der Waals surface area contributed by atoms with Crippen molar-refractivity contribution in [2.75, 3.05) is 26.2 Å². The first-order valence-electron chi connectivity index (χ1n) is 8.08. The van der Waals surface area contributed by atoms with Gasteiger partial charge in [0.15, 0.2) is 0 Å². The SMILES string of the molecule is CCCN(CCCC(C#N)(CC)NCC)CC1CC1. The Hall–Kier alpha value is -0.590. The lowest BCUT2D eigenvalue weighted by Crippen LogP contribution is -2.44. The van der Waals surface area contributed by atoms with Crippen molar-refractivity contribution >= 4 is 0 Å². The van der Waals surface area contributed by atoms with Gasteiger partial charge in [-0.05, 0) is 64.1 Å². The first kappa shape index (κ1) is 16.5. The van der Waals surface area contributed by atoms with Gasteiger partial charge in [-0.1, -0.05) is 20.8 Å². The summed E-state index contributed by atoms with van der Waals surface area (Å²) in [5.74, 6) is 0.965. The Balaban J connectivity index is 2.33. The molecule has 0 saturated heterocycles. The van der Waals surface area contributed by atoms with Crippen LogP contribution in [-0.4, -0.2) is 36.6 Å². The van der Waals surface area contributed by atoms with Gasteiger partial charge in [0.1, 0.15) is 5.54 Å². The predicted octanol–water partition coefficient (Wildman–Crippen LogP) is 3.17. The molecule has 19 heavy (non-hydrogen) atoms. The lowest BCUT2D eigenvalue weighted by atomic mass is 9.92. The third-order valence-corrected chi connectivity index (χ3v) is 4.16. The molecule has 1 N–H and O–H groups in total. The fourth-order valence-electron chi connectivity index (χ4n) is 2.78. The highest BCUT2D eigenvalue weighted by Crippen LogP contribution is 2.30. The summed E-state index contributed by atoms with van der Waals surface area (Å²) in [4.78, 5) is 2.60. The van der Waals surface area contributed by atoms with Crippen LogP contribution in [0.25, 0.3) is 0 Å². The summed E-state index contributed by atoms with van der Waals surface area (Å²) in [7, 11) is 0. The van der Waals surface area contributed by atoms with Crippen molar-refractivity contribution in [1.29, 1.82) is 5.26 Å². The number of rotatable bonds is 11. The molecule has 1 rings (SSSR count). The van der Waals surface area contributed by atoms with Gasteiger partial charge < -0.3 is 4.90 Å². The van der Waals surface area contributed by atoms with Crippen LogP contribution in [0.5, 0.6) is 0 Å². The minimum absolute atomic E-state index is 0.299. The second-order valence-corrected chi connectivity index (χ2v) is 5.93. The highest BCUT2D eigenvalue weighted by atomic mass is 15.1. The molecule has 3 heteroatoms. The summed E-state index contributed by atoms with van der Waals surface area (Å²) in [6, 6.07) is 2.50. The molecule has 0 bridgehead atoms. The van der Waals surface area contributed by atoms with E-state index in [9.17, 15) is 5.26 Å². The van der Waals surface area contributed by atoms with Gasteiger partial charge in [-0.25, -0.2) is 0 Å². The number of hydrogen-bond acceptors (Lipinski definition) is 3. The fourth-order valence-corrected chi connectivity index (χ4v) is 2.78. The second kappa shape index (κ2) is 8.55. The Morgan fingerprint density at radius 3 is 2.47 bits per heavy atom. The van der Waals surface area contributed by atoms with Crippen LogP contribution in [0, 0.1) is 17.2 Å². The van der Waals surface area contributed by atoms with Crippen LogP contribution < -0.4 is 5.32 Å². The molecule has 0 radical (unpaired) electrons. The molecular weight excluding hydrogens is 234 g/mol. The molecule has 0 aliphatic heterocycles. The second-order valence-electron chi connectivity index (χ2n) is 5.93. The molecule has 110 valence electrons. The Kier molecular flexibility index (Phi) is 7.41. The maximum absolute atomic E-state index is 9.41. The largest absolute Gasteiger partial charge is 0.303 e. The van der Waals surface area contributed by atoms with Crippen molar-refractivity contribution in [2.24, 2.45) is 5.92 Å². The summed E-state index contributed by atoms with van der Waals surface area (Å²) in [6.45, 7) is 11.0. The van der Waals surface area contributed by atoms with Gasteiger partial charge in [-0.2, -0.15) is 5.26 Å². The van der Waals surface area contributed by atoms with E-state index < -0.39 is 0 Å². The van der Waals surface area contributed by atoms with Gasteiger partial charge in [0.05, 0.1) is 6.07 Å². The molecule has 1 fully saturated rings. The Bertz CT molecular complexity index is 280. The van der Waals surface area contributed by atoms with E-state index in [0.717, 1.165) is 38.3 Å². The van der Waals surface area contributed by atoms with Crippen LogP contribution in [0.2, 0.25) is 0 Å². The number of nitrogens with zero attached hydrogens (tertiary/aromatic N) is 2. The van der Waals surface area contributed by atoms with Crippen LogP contribution in [0.4, 0.5) is 0 Å². The van der Waals surface area contributed by atoms with Crippen molar-refractivity contribution in [3.63, 3.8) is 0 Å². The van der Waals surface area contributed by atoms with Crippen LogP contribution in [0.3, 0.4) is 0 Å². The zero-order valence-corrected chi connectivity index (χ0v) is 13.0. The summed E-state index contributed by atoms with van der Waals surface area (Å²) in [5, 5.41) is 12.8. The van der Waals surface area contributed by atoms with Crippen molar-refractivity contribution in [1.82, 2.24) is 10.2 Å². The predicted molar refractivity (Wildman–Crippen MR) is 81.0 cm³/mol. The fraction of sp³-hybridized carbons (Fsp3) is 0.938. The number of nitriles is 1. The Labute approximate surface area is 119 Å². The molecule has 1 aliphatic rings. The average Bonchev–Trinajstić information content (AvgIpc) is 3.22. The Morgan fingerprint density at radius 2 is 2.00 bits per heavy atom. The van der Waals surface area contributed by atoms with Gasteiger partial charge >= 0.3 is 0 Å². The maximum atomic E-state index is 9.41. The molecular formula is C16H31N3. The standard InChI is InChI=1S/C16H31N3/c1-4-11-19(13-15-8-9-15)12-7-10-16(5-2,14-17)18-6-3/h15,18H,4-13H2,1-3H3. The minimum atomic E-state index is -0.299. The highest BCUT2D eigenvalue weighted by Gasteiger charge is 2.27. The molecule has 0 aromatic rings. The molecule has 0 aromatic heterocycles. The molecule has 1 saturated carbocycles. The van der Waals surface area contributed by atoms with Crippen molar-refractivity contribution in [3.05, 3.63) is 0 Å². The van der Waals surface area contributed by atoms with Gasteiger partial charge in [-0.3, -0.25) is 5.32 Å². The zero-order valence-electron chi connectivity index (χ0n) is 13.0. The first-order valence-corrected chi connectivity index (χ1v) is 8.08. The van der Waals surface area contributed by atoms with E-state index in [4.69, 9.17) is 0 Å². The van der Waals surface area contributed by atoms with Crippen LogP contribution in [0.15, 0.2) is 0 Å². The normalized spacial score (nSPS) is 18.3. The number of hydrogen-bond donors (Lipinski definition) is 1. The third kappa shape index (κ3) is 5.93. The van der Waals surface area contributed by atoms with Crippen LogP contribution in [-0.2, 0) is 0 Å². The van der Waals surface area contributed by atoms with Gasteiger partial charge in [0, 0.05) is 6.54 Å². The summed E-state index contributed by atoms with van der Waals surface area (Å²) in [6.07, 6.45) is 7.08. The summed E-state index contributed by atoms with van der Waals surface area (Å²) >= 11 is 0. The quantitative estimate of drug-likeness (QED) is 0.623. The first-order chi connectivity index (χ1) is 9.19. The molecule has 1 atom stereocenters. The third-order valence-electron chi connectivity index (χ3n) is 4.16. The van der Waals surface area contributed by atoms with E-state index in [1.807, 2.05) is 0 Å². The van der Waals surface area contributed by atoms with Crippen LogP contribution >= 0.6 is 0 Å². The summed E-state index contributed by atoms with van der Waals surface area (Å²) in [5.41, 5.74) is -0.299. The van der Waals surface area contributed by atoms with Crippen molar-refractivity contribution in [2.45, 2.75) is 64.8 Å². The van der Waals surface area contributed by atoms with E-state index in [0.29, 0.717) is 0 Å². The van der Waals surface area contributed by atoms with Crippen LogP contribution in [0.1, 0.15) is 59.3 Å². The maximum Gasteiger partial charge on any atom is 0.106 e. The minimum Gasteiger partial charge on any atom is -0.303 e. The summed E-state index contributed by atoms with van der Waals surface area (Å²) < 4.78 is 0. The Morgan fingerprint density at radius 1 is 1.26 bits per heavy atom. The molecule has 0 spiro atoms. The smallest absolute Gasteiger partial charge is 0.106 e. The van der Waals surface area contributed by atoms with Crippen molar-refractivity contribution in [3.8, 4) is 6.07 Å². The van der Waals surface area contributed by atoms with E-state index in [2.05, 4.69) is 37.1 Å². The topological polar surface area (TPSA) is 39.1 Å². The zero-order chi connectivity index (χ0) is 14.1. The molecule has 1 aliphatic carbocycles. The molecule has 0 heterocycles. The number of nitrogens with one attached hydrogen (secondary N) is 1. The monoisotopic (exact) mass is 265 g/mol.